The van der Waals surface area contributed by atoms with Crippen LogP contribution in [-0.2, 0) is 4.79 Å². The molecular formula is C15H18N4O3. The van der Waals surface area contributed by atoms with Gasteiger partial charge in [-0.3, -0.25) is 9.59 Å². The lowest BCUT2D eigenvalue weighted by atomic mass is 10.0. The van der Waals surface area contributed by atoms with Crippen molar-refractivity contribution in [3.05, 3.63) is 47.3 Å². The highest BCUT2D eigenvalue weighted by Gasteiger charge is 2.19. The van der Waals surface area contributed by atoms with Gasteiger partial charge in [0.1, 0.15) is 12.1 Å². The number of carbonyl (C=O) groups is 1. The lowest BCUT2D eigenvalue weighted by Crippen LogP contribution is -2.44. The van der Waals surface area contributed by atoms with Crippen molar-refractivity contribution < 1.29 is 9.63 Å². The Labute approximate surface area is 127 Å². The van der Waals surface area contributed by atoms with Crippen LogP contribution in [0.15, 0.2) is 41.7 Å². The zero-order valence-corrected chi connectivity index (χ0v) is 12.6. The summed E-state index contributed by atoms with van der Waals surface area (Å²) in [5.41, 5.74) is -0.330. The van der Waals surface area contributed by atoms with Crippen molar-refractivity contribution in [2.75, 3.05) is 6.61 Å². The SMILES string of the molecule is C=CC(=O)NC(C)(C)CCOn1nnc2ccccc2c1=O. The first kappa shape index (κ1) is 15.7. The molecule has 0 spiro atoms. The van der Waals surface area contributed by atoms with Gasteiger partial charge in [-0.15, -0.1) is 5.10 Å². The molecule has 0 aliphatic heterocycles. The number of fused-ring (bicyclic) bond motifs is 1. The van der Waals surface area contributed by atoms with Crippen molar-refractivity contribution in [2.24, 2.45) is 0 Å². The van der Waals surface area contributed by atoms with Gasteiger partial charge in [-0.05, 0) is 42.1 Å². The number of hydrogen-bond donors (Lipinski definition) is 1. The number of rotatable bonds is 6. The maximum absolute atomic E-state index is 12.2. The highest BCUT2D eigenvalue weighted by molar-refractivity contribution is 5.87. The van der Waals surface area contributed by atoms with Crippen LogP contribution in [0.3, 0.4) is 0 Å². The average Bonchev–Trinajstić information content (AvgIpc) is 2.49. The first-order valence-corrected chi connectivity index (χ1v) is 6.85. The number of benzene rings is 1. The second kappa shape index (κ2) is 6.38. The molecule has 0 saturated carbocycles. The number of aromatic nitrogens is 3. The highest BCUT2D eigenvalue weighted by Crippen LogP contribution is 2.07. The van der Waals surface area contributed by atoms with E-state index in [0.29, 0.717) is 17.3 Å². The Kier molecular flexibility index (Phi) is 4.55. The van der Waals surface area contributed by atoms with Crippen LogP contribution in [-0.4, -0.2) is 33.2 Å². The second-order valence-corrected chi connectivity index (χ2v) is 5.45. The van der Waals surface area contributed by atoms with E-state index < -0.39 is 5.54 Å². The fourth-order valence-electron chi connectivity index (χ4n) is 1.89. The molecule has 0 atom stereocenters. The molecule has 0 aliphatic carbocycles. The minimum atomic E-state index is -0.487. The monoisotopic (exact) mass is 302 g/mol. The molecule has 7 nitrogen and oxygen atoms in total. The predicted molar refractivity (Wildman–Crippen MR) is 82.3 cm³/mol. The molecule has 7 heteroatoms. The summed E-state index contributed by atoms with van der Waals surface area (Å²) in [6.07, 6.45) is 1.70. The van der Waals surface area contributed by atoms with E-state index >= 15 is 0 Å². The van der Waals surface area contributed by atoms with Crippen LogP contribution in [0.5, 0.6) is 0 Å². The largest absolute Gasteiger partial charge is 0.392 e. The summed E-state index contributed by atoms with van der Waals surface area (Å²) in [6, 6.07) is 6.92. The van der Waals surface area contributed by atoms with Crippen molar-refractivity contribution in [1.82, 2.24) is 20.5 Å². The van der Waals surface area contributed by atoms with Gasteiger partial charge >= 0.3 is 5.56 Å². The normalized spacial score (nSPS) is 11.2. The van der Waals surface area contributed by atoms with E-state index in [1.807, 2.05) is 13.8 Å². The first-order valence-electron chi connectivity index (χ1n) is 6.85. The summed E-state index contributed by atoms with van der Waals surface area (Å²) in [5, 5.41) is 10.9. The minimum absolute atomic E-state index is 0.206. The van der Waals surface area contributed by atoms with Gasteiger partial charge in [-0.2, -0.15) is 0 Å². The van der Waals surface area contributed by atoms with Crippen molar-refractivity contribution in [3.8, 4) is 0 Å². The van der Waals surface area contributed by atoms with Crippen LogP contribution in [0.1, 0.15) is 20.3 Å². The maximum Gasteiger partial charge on any atom is 0.314 e. The van der Waals surface area contributed by atoms with Gasteiger partial charge < -0.3 is 10.2 Å². The Morgan fingerprint density at radius 2 is 2.18 bits per heavy atom. The van der Waals surface area contributed by atoms with E-state index in [2.05, 4.69) is 22.2 Å². The number of hydrogen-bond acceptors (Lipinski definition) is 5. The maximum atomic E-state index is 12.2. The van der Waals surface area contributed by atoms with Crippen molar-refractivity contribution in [2.45, 2.75) is 25.8 Å². The molecule has 0 bridgehead atoms. The summed E-state index contributed by atoms with van der Waals surface area (Å²) >= 11 is 0. The highest BCUT2D eigenvalue weighted by atomic mass is 16.7. The number of nitrogens with one attached hydrogen (secondary N) is 1. The van der Waals surface area contributed by atoms with Gasteiger partial charge in [0.05, 0.1) is 5.39 Å². The van der Waals surface area contributed by atoms with Crippen molar-refractivity contribution in [1.29, 1.82) is 0 Å². The molecule has 0 saturated heterocycles. The second-order valence-electron chi connectivity index (χ2n) is 5.45. The average molecular weight is 302 g/mol. The molecule has 116 valence electrons. The van der Waals surface area contributed by atoms with E-state index in [4.69, 9.17) is 4.84 Å². The molecule has 1 aromatic heterocycles. The van der Waals surface area contributed by atoms with E-state index in [1.165, 1.54) is 6.08 Å². The molecule has 2 rings (SSSR count). The predicted octanol–water partition coefficient (Wildman–Crippen LogP) is 0.691. The van der Waals surface area contributed by atoms with E-state index in [9.17, 15) is 9.59 Å². The van der Waals surface area contributed by atoms with Crippen LogP contribution in [0.2, 0.25) is 0 Å². The topological polar surface area (TPSA) is 86.1 Å². The lowest BCUT2D eigenvalue weighted by Gasteiger charge is -2.25. The van der Waals surface area contributed by atoms with Crippen LogP contribution in [0, 0.1) is 0 Å². The van der Waals surface area contributed by atoms with Gasteiger partial charge in [-0.25, -0.2) is 0 Å². The zero-order chi connectivity index (χ0) is 16.2. The van der Waals surface area contributed by atoms with Crippen LogP contribution < -0.4 is 15.7 Å². The third-order valence-electron chi connectivity index (χ3n) is 3.13. The molecule has 22 heavy (non-hydrogen) atoms. The fourth-order valence-corrected chi connectivity index (χ4v) is 1.89. The minimum Gasteiger partial charge on any atom is -0.392 e. The molecule has 2 aromatic rings. The third-order valence-corrected chi connectivity index (χ3v) is 3.13. The van der Waals surface area contributed by atoms with Gasteiger partial charge in [-0.1, -0.05) is 18.7 Å². The molecule has 1 heterocycles. The number of carbonyl (C=O) groups excluding carboxylic acids is 1. The van der Waals surface area contributed by atoms with Gasteiger partial charge in [0.25, 0.3) is 0 Å². The van der Waals surface area contributed by atoms with E-state index in [-0.39, 0.29) is 18.1 Å². The standard InChI is InChI=1S/C15H18N4O3/c1-4-13(20)16-15(2,3)9-10-22-19-14(21)11-7-5-6-8-12(11)17-18-19/h4-8H,1,9-10H2,2-3H3,(H,16,20). The quantitative estimate of drug-likeness (QED) is 0.793. The summed E-state index contributed by atoms with van der Waals surface area (Å²) in [7, 11) is 0. The Morgan fingerprint density at radius 3 is 2.91 bits per heavy atom. The summed E-state index contributed by atoms with van der Waals surface area (Å²) in [6.45, 7) is 7.32. The van der Waals surface area contributed by atoms with Gasteiger partial charge in [0.2, 0.25) is 5.91 Å². The lowest BCUT2D eigenvalue weighted by molar-refractivity contribution is -0.118. The molecule has 1 amide bonds. The smallest absolute Gasteiger partial charge is 0.314 e. The zero-order valence-electron chi connectivity index (χ0n) is 12.6. The summed E-state index contributed by atoms with van der Waals surface area (Å²) < 4.78 is 0. The van der Waals surface area contributed by atoms with Crippen LogP contribution in [0.4, 0.5) is 0 Å². The summed E-state index contributed by atoms with van der Waals surface area (Å²) in [4.78, 5) is 29.7. The van der Waals surface area contributed by atoms with Crippen molar-refractivity contribution >= 4 is 16.8 Å². The van der Waals surface area contributed by atoms with E-state index in [0.717, 1.165) is 4.85 Å². The molecule has 0 fully saturated rings. The molecule has 1 aromatic carbocycles. The molecule has 0 aliphatic rings. The Balaban J connectivity index is 2.03. The van der Waals surface area contributed by atoms with Crippen LogP contribution >= 0.6 is 0 Å². The van der Waals surface area contributed by atoms with Gasteiger partial charge in [0.15, 0.2) is 0 Å². The molecule has 0 radical (unpaired) electrons. The van der Waals surface area contributed by atoms with E-state index in [1.54, 1.807) is 24.3 Å². The fraction of sp³-hybridized carbons (Fsp3) is 0.333. The van der Waals surface area contributed by atoms with Crippen molar-refractivity contribution in [3.63, 3.8) is 0 Å². The molecule has 1 N–H and O–H groups in total. The summed E-state index contributed by atoms with van der Waals surface area (Å²) in [5.74, 6) is -0.257. The number of amides is 1. The molecular weight excluding hydrogens is 284 g/mol. The van der Waals surface area contributed by atoms with Gasteiger partial charge in [0, 0.05) is 12.0 Å². The third kappa shape index (κ3) is 3.69. The molecule has 0 unspecified atom stereocenters. The Hall–Kier alpha value is -2.70. The Morgan fingerprint density at radius 1 is 1.45 bits per heavy atom. The first-order chi connectivity index (χ1) is 10.4. The van der Waals surface area contributed by atoms with Crippen LogP contribution in [0.25, 0.3) is 10.9 Å². The Bertz CT molecular complexity index is 752. The number of nitrogens with zero attached hydrogens (tertiary/aromatic N) is 3.